The summed E-state index contributed by atoms with van der Waals surface area (Å²) in [6.07, 6.45) is 11.5. The van der Waals surface area contributed by atoms with E-state index in [1.165, 1.54) is 25.7 Å². The summed E-state index contributed by atoms with van der Waals surface area (Å²) in [5, 5.41) is 0. The van der Waals surface area contributed by atoms with Crippen LogP contribution in [0.1, 0.15) is 77.0 Å². The van der Waals surface area contributed by atoms with Gasteiger partial charge in [0.05, 0.1) is 13.2 Å². The number of esters is 2. The molecule has 0 bridgehead atoms. The lowest BCUT2D eigenvalue weighted by molar-refractivity contribution is -0.146. The van der Waals surface area contributed by atoms with Crippen LogP contribution in [0.15, 0.2) is 0 Å². The molecule has 116 valence electrons. The quantitative estimate of drug-likeness (QED) is 0.635. The fourth-order valence-corrected chi connectivity index (χ4v) is 2.32. The van der Waals surface area contributed by atoms with Gasteiger partial charge in [-0.05, 0) is 25.7 Å². The standard InChI is InChI=1S/C16H28O4/c17-15-11-7-5-3-1-2-4-6-8-12-16(18)20-14-10-9-13-19-15/h1-14H2. The Hall–Kier alpha value is -1.06. The first kappa shape index (κ1) is 17.0. The first-order valence-electron chi connectivity index (χ1n) is 8.10. The maximum Gasteiger partial charge on any atom is 0.305 e. The van der Waals surface area contributed by atoms with Crippen LogP contribution in [0.2, 0.25) is 0 Å². The van der Waals surface area contributed by atoms with Crippen molar-refractivity contribution in [3.8, 4) is 0 Å². The van der Waals surface area contributed by atoms with E-state index in [9.17, 15) is 9.59 Å². The minimum atomic E-state index is -0.0943. The number of carbonyl (C=O) groups is 2. The van der Waals surface area contributed by atoms with Gasteiger partial charge < -0.3 is 9.47 Å². The van der Waals surface area contributed by atoms with Gasteiger partial charge >= 0.3 is 11.9 Å². The fourth-order valence-electron chi connectivity index (χ4n) is 2.32. The molecule has 0 radical (unpaired) electrons. The third-order valence-corrected chi connectivity index (χ3v) is 3.58. The minimum absolute atomic E-state index is 0.0943. The first-order chi connectivity index (χ1) is 9.79. The third kappa shape index (κ3) is 9.82. The molecule has 0 unspecified atom stereocenters. The van der Waals surface area contributed by atoms with E-state index >= 15 is 0 Å². The zero-order chi connectivity index (χ0) is 14.5. The second-order valence-electron chi connectivity index (χ2n) is 5.48. The lowest BCUT2D eigenvalue weighted by atomic mass is 10.1. The summed E-state index contributed by atoms with van der Waals surface area (Å²) in [5.74, 6) is -0.189. The Labute approximate surface area is 122 Å². The van der Waals surface area contributed by atoms with Gasteiger partial charge in [0.25, 0.3) is 0 Å². The van der Waals surface area contributed by atoms with Crippen molar-refractivity contribution in [2.75, 3.05) is 13.2 Å². The number of ether oxygens (including phenoxy) is 2. The molecule has 0 spiro atoms. The molecule has 0 aromatic carbocycles. The molecule has 20 heavy (non-hydrogen) atoms. The molecule has 1 aliphatic heterocycles. The predicted octanol–water partition coefficient (Wildman–Crippen LogP) is 3.77. The van der Waals surface area contributed by atoms with E-state index in [2.05, 4.69) is 0 Å². The molecular weight excluding hydrogens is 256 g/mol. The van der Waals surface area contributed by atoms with Crippen LogP contribution >= 0.6 is 0 Å². The Balaban J connectivity index is 2.19. The van der Waals surface area contributed by atoms with Gasteiger partial charge in [-0.2, -0.15) is 0 Å². The highest BCUT2D eigenvalue weighted by Gasteiger charge is 2.05. The summed E-state index contributed by atoms with van der Waals surface area (Å²) in [5.41, 5.74) is 0. The van der Waals surface area contributed by atoms with Crippen molar-refractivity contribution in [3.63, 3.8) is 0 Å². The molecule has 4 nitrogen and oxygen atoms in total. The molecule has 0 aliphatic carbocycles. The van der Waals surface area contributed by atoms with Crippen molar-refractivity contribution < 1.29 is 19.1 Å². The van der Waals surface area contributed by atoms with Crippen molar-refractivity contribution in [2.45, 2.75) is 77.0 Å². The Bertz CT molecular complexity index is 248. The van der Waals surface area contributed by atoms with E-state index in [4.69, 9.17) is 9.47 Å². The van der Waals surface area contributed by atoms with Crippen LogP contribution in [0.4, 0.5) is 0 Å². The van der Waals surface area contributed by atoms with Crippen LogP contribution in [-0.4, -0.2) is 25.2 Å². The van der Waals surface area contributed by atoms with Gasteiger partial charge in [0.2, 0.25) is 0 Å². The normalized spacial score (nSPS) is 22.2. The minimum Gasteiger partial charge on any atom is -0.466 e. The largest absolute Gasteiger partial charge is 0.466 e. The van der Waals surface area contributed by atoms with E-state index in [1.807, 2.05) is 0 Å². The maximum atomic E-state index is 11.4. The number of hydrogen-bond donors (Lipinski definition) is 0. The van der Waals surface area contributed by atoms with Crippen molar-refractivity contribution >= 4 is 11.9 Å². The maximum absolute atomic E-state index is 11.4. The number of rotatable bonds is 0. The molecule has 0 N–H and O–H groups in total. The van der Waals surface area contributed by atoms with Gasteiger partial charge in [0.15, 0.2) is 0 Å². The average molecular weight is 284 g/mol. The zero-order valence-electron chi connectivity index (χ0n) is 12.5. The second kappa shape index (κ2) is 11.7. The SMILES string of the molecule is O=C1CCCCCCCCCCC(=O)OCCCCO1. The summed E-state index contributed by atoms with van der Waals surface area (Å²) < 4.78 is 10.3. The second-order valence-corrected chi connectivity index (χ2v) is 5.48. The van der Waals surface area contributed by atoms with Gasteiger partial charge in [-0.15, -0.1) is 0 Å². The van der Waals surface area contributed by atoms with Gasteiger partial charge in [-0.1, -0.05) is 38.5 Å². The molecule has 0 aromatic heterocycles. The van der Waals surface area contributed by atoms with Gasteiger partial charge in [-0.25, -0.2) is 0 Å². The van der Waals surface area contributed by atoms with Crippen LogP contribution in [0.25, 0.3) is 0 Å². The Morgan fingerprint density at radius 1 is 0.500 bits per heavy atom. The van der Waals surface area contributed by atoms with E-state index in [1.54, 1.807) is 0 Å². The van der Waals surface area contributed by atoms with E-state index in [-0.39, 0.29) is 11.9 Å². The number of cyclic esters (lactones) is 2. The van der Waals surface area contributed by atoms with Crippen LogP contribution in [0.3, 0.4) is 0 Å². The number of hydrogen-bond acceptors (Lipinski definition) is 4. The van der Waals surface area contributed by atoms with E-state index in [0.29, 0.717) is 26.1 Å². The zero-order valence-corrected chi connectivity index (χ0v) is 12.5. The molecule has 0 saturated carbocycles. The fraction of sp³-hybridized carbons (Fsp3) is 0.875. The van der Waals surface area contributed by atoms with Gasteiger partial charge in [0, 0.05) is 12.8 Å². The third-order valence-electron chi connectivity index (χ3n) is 3.58. The molecule has 0 aromatic rings. The van der Waals surface area contributed by atoms with Crippen molar-refractivity contribution in [1.29, 1.82) is 0 Å². The number of carbonyl (C=O) groups excluding carboxylic acids is 2. The first-order valence-corrected chi connectivity index (χ1v) is 8.10. The molecule has 1 heterocycles. The Kier molecular flexibility index (Phi) is 9.98. The molecule has 4 heteroatoms. The van der Waals surface area contributed by atoms with Crippen LogP contribution in [0, 0.1) is 0 Å². The molecule has 1 saturated heterocycles. The summed E-state index contributed by atoms with van der Waals surface area (Å²) >= 11 is 0. The molecule has 1 rings (SSSR count). The van der Waals surface area contributed by atoms with Crippen molar-refractivity contribution in [1.82, 2.24) is 0 Å². The molecular formula is C16H28O4. The predicted molar refractivity (Wildman–Crippen MR) is 77.3 cm³/mol. The molecule has 1 fully saturated rings. The average Bonchev–Trinajstić information content (AvgIpc) is 2.43. The summed E-state index contributed by atoms with van der Waals surface area (Å²) in [6.45, 7) is 0.882. The van der Waals surface area contributed by atoms with E-state index in [0.717, 1.165) is 38.5 Å². The smallest absolute Gasteiger partial charge is 0.305 e. The highest BCUT2D eigenvalue weighted by atomic mass is 16.5. The van der Waals surface area contributed by atoms with Crippen LogP contribution < -0.4 is 0 Å². The summed E-state index contributed by atoms with van der Waals surface area (Å²) in [7, 11) is 0. The van der Waals surface area contributed by atoms with Gasteiger partial charge in [0.1, 0.15) is 0 Å². The monoisotopic (exact) mass is 284 g/mol. The van der Waals surface area contributed by atoms with Crippen molar-refractivity contribution in [2.24, 2.45) is 0 Å². The topological polar surface area (TPSA) is 52.6 Å². The van der Waals surface area contributed by atoms with Crippen LogP contribution in [-0.2, 0) is 19.1 Å². The highest BCUT2D eigenvalue weighted by Crippen LogP contribution is 2.11. The van der Waals surface area contributed by atoms with E-state index < -0.39 is 0 Å². The highest BCUT2D eigenvalue weighted by molar-refractivity contribution is 5.69. The van der Waals surface area contributed by atoms with Crippen LogP contribution in [0.5, 0.6) is 0 Å². The Morgan fingerprint density at radius 3 is 1.25 bits per heavy atom. The molecule has 1 aliphatic rings. The molecule has 0 atom stereocenters. The molecule has 0 amide bonds. The lowest BCUT2D eigenvalue weighted by Crippen LogP contribution is -2.09. The van der Waals surface area contributed by atoms with Crippen molar-refractivity contribution in [3.05, 3.63) is 0 Å². The summed E-state index contributed by atoms with van der Waals surface area (Å²) in [4.78, 5) is 22.8. The van der Waals surface area contributed by atoms with Gasteiger partial charge in [-0.3, -0.25) is 9.59 Å². The Morgan fingerprint density at radius 2 is 0.850 bits per heavy atom. The lowest BCUT2D eigenvalue weighted by Gasteiger charge is -2.07. The summed E-state index contributed by atoms with van der Waals surface area (Å²) in [6, 6.07) is 0.